The van der Waals surface area contributed by atoms with E-state index in [4.69, 9.17) is 28.4 Å². The fourth-order valence-electron chi connectivity index (χ4n) is 5.41. The van der Waals surface area contributed by atoms with Crippen molar-refractivity contribution in [1.82, 2.24) is 0 Å². The van der Waals surface area contributed by atoms with E-state index < -0.39 is 7.14 Å². The second-order valence-corrected chi connectivity index (χ2v) is 11.3. The number of hydrogen-bond acceptors (Lipinski definition) is 8. The van der Waals surface area contributed by atoms with E-state index in [0.717, 1.165) is 22.8 Å². The Balaban J connectivity index is 1.63. The topological polar surface area (TPSA) is 75.7 Å². The lowest BCUT2D eigenvalue weighted by molar-refractivity contribution is 0.368. The van der Waals surface area contributed by atoms with Crippen molar-refractivity contribution in [1.29, 1.82) is 0 Å². The third kappa shape index (κ3) is 2.71. The van der Waals surface area contributed by atoms with E-state index in [-0.39, 0.29) is 0 Å². The Bertz CT molecular complexity index is 1570. The van der Waals surface area contributed by atoms with Crippen LogP contribution in [0.4, 0.5) is 17.1 Å². The molecule has 37 heavy (non-hydrogen) atoms. The fraction of sp³-hybridized carbons (Fsp3) is 0.143. The molecule has 0 radical (unpaired) electrons. The van der Waals surface area contributed by atoms with Crippen molar-refractivity contribution in [3.8, 4) is 46.0 Å². The SMILES string of the molecule is COc1ccc(N2c3ccc(OC)c4c3P3(=O)c5c(cc(OC)cc5Oc5c(OC)ccc2c53)O4)cc1. The van der Waals surface area contributed by atoms with Crippen molar-refractivity contribution < 1.29 is 33.0 Å². The minimum absolute atomic E-state index is 0.412. The van der Waals surface area contributed by atoms with Crippen molar-refractivity contribution in [3.05, 3.63) is 60.7 Å². The van der Waals surface area contributed by atoms with Crippen LogP contribution in [0, 0.1) is 0 Å². The lowest BCUT2D eigenvalue weighted by Crippen LogP contribution is -2.42. The van der Waals surface area contributed by atoms with Crippen LogP contribution in [-0.4, -0.2) is 28.4 Å². The van der Waals surface area contributed by atoms with Gasteiger partial charge in [-0.3, -0.25) is 0 Å². The molecular formula is C28H22NO7P. The van der Waals surface area contributed by atoms with Crippen molar-refractivity contribution in [2.24, 2.45) is 0 Å². The van der Waals surface area contributed by atoms with Gasteiger partial charge in [-0.25, -0.2) is 0 Å². The molecule has 0 saturated carbocycles. The van der Waals surface area contributed by atoms with Crippen LogP contribution < -0.4 is 49.2 Å². The van der Waals surface area contributed by atoms with E-state index >= 15 is 4.57 Å². The van der Waals surface area contributed by atoms with E-state index in [1.165, 1.54) is 0 Å². The molecule has 0 aliphatic carbocycles. The zero-order valence-corrected chi connectivity index (χ0v) is 21.4. The van der Waals surface area contributed by atoms with Gasteiger partial charge in [0.25, 0.3) is 0 Å². The molecule has 0 unspecified atom stereocenters. The van der Waals surface area contributed by atoms with Crippen LogP contribution in [0.1, 0.15) is 0 Å². The lowest BCUT2D eigenvalue weighted by atomic mass is 10.1. The second kappa shape index (κ2) is 7.60. The molecule has 7 rings (SSSR count). The molecule has 0 fully saturated rings. The summed E-state index contributed by atoms with van der Waals surface area (Å²) in [7, 11) is 2.83. The van der Waals surface area contributed by atoms with Gasteiger partial charge in [0, 0.05) is 17.8 Å². The maximum absolute atomic E-state index is 15.7. The van der Waals surface area contributed by atoms with Gasteiger partial charge in [0.2, 0.25) is 0 Å². The summed E-state index contributed by atoms with van der Waals surface area (Å²) < 4.78 is 50.7. The first kappa shape index (κ1) is 21.9. The first-order valence-electron chi connectivity index (χ1n) is 11.6. The van der Waals surface area contributed by atoms with E-state index in [1.807, 2.05) is 48.5 Å². The highest BCUT2D eigenvalue weighted by Crippen LogP contribution is 2.67. The summed E-state index contributed by atoms with van der Waals surface area (Å²) >= 11 is 0. The van der Waals surface area contributed by atoms with Gasteiger partial charge in [0.05, 0.1) is 50.4 Å². The molecule has 0 bridgehead atoms. The normalized spacial score (nSPS) is 14.6. The number of nitrogens with zero attached hydrogens (tertiary/aromatic N) is 1. The van der Waals surface area contributed by atoms with Crippen LogP contribution in [0.15, 0.2) is 60.7 Å². The summed E-state index contributed by atoms with van der Waals surface area (Å²) in [4.78, 5) is 2.05. The van der Waals surface area contributed by atoms with E-state index in [9.17, 15) is 0 Å². The number of ether oxygens (including phenoxy) is 6. The highest BCUT2D eigenvalue weighted by molar-refractivity contribution is 7.87. The average molecular weight is 515 g/mol. The highest BCUT2D eigenvalue weighted by Gasteiger charge is 2.54. The smallest absolute Gasteiger partial charge is 0.190 e. The monoisotopic (exact) mass is 515 g/mol. The van der Waals surface area contributed by atoms with Crippen LogP contribution in [0.2, 0.25) is 0 Å². The zero-order chi connectivity index (χ0) is 25.5. The number of methoxy groups -OCH3 is 4. The molecule has 3 aliphatic heterocycles. The Hall–Kier alpha value is -4.29. The molecule has 0 amide bonds. The Morgan fingerprint density at radius 3 is 1.59 bits per heavy atom. The predicted octanol–water partition coefficient (Wildman–Crippen LogP) is 5.36. The zero-order valence-electron chi connectivity index (χ0n) is 20.5. The Labute approximate surface area is 213 Å². The minimum atomic E-state index is -3.50. The molecule has 3 heterocycles. The number of rotatable bonds is 5. The van der Waals surface area contributed by atoms with Gasteiger partial charge in [-0.15, -0.1) is 0 Å². The van der Waals surface area contributed by atoms with Crippen LogP contribution in [0.25, 0.3) is 0 Å². The second-order valence-electron chi connectivity index (χ2n) is 8.75. The fourth-order valence-corrected chi connectivity index (χ4v) is 8.80. The lowest BCUT2D eigenvalue weighted by Gasteiger charge is -2.44. The summed E-state index contributed by atoms with van der Waals surface area (Å²) in [5, 5.41) is 1.63. The standard InChI is InChI=1S/C28H22NO7P/c1-31-16-7-5-15(6-8-16)29-18-9-11-20(33-3)24-26(18)37(30)27-19(29)10-12-21(34-4)25(27)36-23-14-17(32-2)13-22(35-24)28(23)37/h5-14H,1-4H3. The first-order chi connectivity index (χ1) is 18.0. The Kier molecular flexibility index (Phi) is 4.51. The average Bonchev–Trinajstić information content (AvgIpc) is 2.93. The summed E-state index contributed by atoms with van der Waals surface area (Å²) in [5.74, 6) is 3.88. The molecule has 0 saturated heterocycles. The van der Waals surface area contributed by atoms with Crippen LogP contribution in [0.3, 0.4) is 0 Å². The summed E-state index contributed by atoms with van der Waals surface area (Å²) in [5.41, 5.74) is 2.34. The van der Waals surface area contributed by atoms with E-state index in [1.54, 1.807) is 40.6 Å². The highest BCUT2D eigenvalue weighted by atomic mass is 31.2. The third-order valence-corrected chi connectivity index (χ3v) is 10.2. The minimum Gasteiger partial charge on any atom is -0.497 e. The van der Waals surface area contributed by atoms with E-state index in [0.29, 0.717) is 56.2 Å². The molecule has 8 nitrogen and oxygen atoms in total. The van der Waals surface area contributed by atoms with Crippen LogP contribution in [-0.2, 0) is 4.57 Å². The molecule has 9 heteroatoms. The number of hydrogen-bond donors (Lipinski definition) is 0. The molecule has 0 spiro atoms. The molecule has 4 aromatic rings. The summed E-state index contributed by atoms with van der Waals surface area (Å²) in [6.07, 6.45) is 0. The van der Waals surface area contributed by atoms with Gasteiger partial charge in [0.1, 0.15) is 28.3 Å². The van der Waals surface area contributed by atoms with Gasteiger partial charge in [-0.05, 0) is 48.5 Å². The maximum atomic E-state index is 15.7. The summed E-state index contributed by atoms with van der Waals surface area (Å²) in [6.45, 7) is 0. The van der Waals surface area contributed by atoms with Crippen LogP contribution in [0.5, 0.6) is 46.0 Å². The molecule has 4 aromatic carbocycles. The van der Waals surface area contributed by atoms with E-state index in [2.05, 4.69) is 4.90 Å². The summed E-state index contributed by atoms with van der Waals surface area (Å²) in [6, 6.07) is 18.7. The molecular weight excluding hydrogens is 493 g/mol. The largest absolute Gasteiger partial charge is 0.497 e. The van der Waals surface area contributed by atoms with Gasteiger partial charge >= 0.3 is 0 Å². The Morgan fingerprint density at radius 2 is 1.14 bits per heavy atom. The Morgan fingerprint density at radius 1 is 0.622 bits per heavy atom. The van der Waals surface area contributed by atoms with Crippen LogP contribution >= 0.6 is 7.14 Å². The van der Waals surface area contributed by atoms with Crippen molar-refractivity contribution in [2.75, 3.05) is 33.3 Å². The quantitative estimate of drug-likeness (QED) is 0.284. The van der Waals surface area contributed by atoms with Gasteiger partial charge in [0.15, 0.2) is 30.1 Å². The van der Waals surface area contributed by atoms with Crippen molar-refractivity contribution in [3.63, 3.8) is 0 Å². The third-order valence-electron chi connectivity index (χ3n) is 7.02. The molecule has 0 aromatic heterocycles. The van der Waals surface area contributed by atoms with Gasteiger partial charge in [-0.1, -0.05) is 0 Å². The molecule has 3 aliphatic rings. The number of anilines is 3. The van der Waals surface area contributed by atoms with Crippen molar-refractivity contribution in [2.45, 2.75) is 0 Å². The van der Waals surface area contributed by atoms with Crippen molar-refractivity contribution >= 4 is 40.1 Å². The maximum Gasteiger partial charge on any atom is 0.190 e. The predicted molar refractivity (Wildman–Crippen MR) is 140 cm³/mol. The molecule has 0 atom stereocenters. The number of benzene rings is 4. The first-order valence-corrected chi connectivity index (χ1v) is 13.3. The van der Waals surface area contributed by atoms with Gasteiger partial charge in [-0.2, -0.15) is 0 Å². The molecule has 0 N–H and O–H groups in total. The van der Waals surface area contributed by atoms with Gasteiger partial charge < -0.3 is 37.9 Å². The molecule has 186 valence electrons.